The molecule has 1 fully saturated rings. The molecular weight excluding hydrogens is 478 g/mol. The number of nitrogens with one attached hydrogen (secondary N) is 3. The minimum absolute atomic E-state index is 0.0105. The van der Waals surface area contributed by atoms with E-state index in [-0.39, 0.29) is 10.0 Å². The third-order valence-corrected chi connectivity index (χ3v) is 7.48. The number of sulfonamides is 1. The molecule has 3 aromatic rings. The molecule has 0 radical (unpaired) electrons. The number of carbonyl (C=O) groups excluding carboxylic acids is 3. The maximum Gasteiger partial charge on any atom is 0.325 e. The predicted molar refractivity (Wildman–Crippen MR) is 127 cm³/mol. The number of amides is 4. The Kier molecular flexibility index (Phi) is 6.11. The van der Waals surface area contributed by atoms with Crippen LogP contribution in [0.2, 0.25) is 0 Å². The van der Waals surface area contributed by atoms with Crippen LogP contribution in [0.5, 0.6) is 0 Å². The summed E-state index contributed by atoms with van der Waals surface area (Å²) in [5.41, 5.74) is 0.665. The van der Waals surface area contributed by atoms with Crippen molar-refractivity contribution in [2.75, 3.05) is 16.6 Å². The molecule has 1 aromatic heterocycles. The van der Waals surface area contributed by atoms with E-state index >= 15 is 0 Å². The Balaban J connectivity index is 1.41. The highest BCUT2D eigenvalue weighted by atomic mass is 32.2. The van der Waals surface area contributed by atoms with Crippen LogP contribution in [0.1, 0.15) is 18.1 Å². The van der Waals surface area contributed by atoms with E-state index in [1.54, 1.807) is 24.4 Å². The molecule has 176 valence electrons. The van der Waals surface area contributed by atoms with Crippen LogP contribution in [0, 0.1) is 6.92 Å². The zero-order valence-electron chi connectivity index (χ0n) is 18.2. The van der Waals surface area contributed by atoms with Crippen molar-refractivity contribution < 1.29 is 22.8 Å². The lowest BCUT2D eigenvalue weighted by Crippen LogP contribution is -2.42. The number of urea groups is 1. The van der Waals surface area contributed by atoms with E-state index < -0.39 is 40.0 Å². The second-order valence-corrected chi connectivity index (χ2v) is 10.4. The number of nitrogens with zero attached hydrogens (tertiary/aromatic N) is 2. The van der Waals surface area contributed by atoms with Crippen molar-refractivity contribution in [1.82, 2.24) is 15.2 Å². The molecule has 12 heteroatoms. The summed E-state index contributed by atoms with van der Waals surface area (Å²) in [6, 6.07) is 12.0. The van der Waals surface area contributed by atoms with Crippen LogP contribution in [0.25, 0.3) is 0 Å². The molecule has 3 N–H and O–H groups in total. The molecule has 34 heavy (non-hydrogen) atoms. The fourth-order valence-corrected chi connectivity index (χ4v) is 5.22. The number of aryl methyl sites for hydroxylation is 1. The number of thiazole rings is 1. The van der Waals surface area contributed by atoms with E-state index in [0.29, 0.717) is 11.3 Å². The highest BCUT2D eigenvalue weighted by Crippen LogP contribution is 2.29. The van der Waals surface area contributed by atoms with Gasteiger partial charge in [-0.15, -0.1) is 11.3 Å². The van der Waals surface area contributed by atoms with Crippen LogP contribution in [0.3, 0.4) is 0 Å². The van der Waals surface area contributed by atoms with Gasteiger partial charge in [0.25, 0.3) is 15.9 Å². The molecule has 2 aromatic carbocycles. The smallest absolute Gasteiger partial charge is 0.325 e. The highest BCUT2D eigenvalue weighted by molar-refractivity contribution is 7.93. The molecule has 10 nitrogen and oxygen atoms in total. The zero-order chi connectivity index (χ0) is 24.5. The van der Waals surface area contributed by atoms with Crippen LogP contribution < -0.4 is 15.4 Å². The normalized spacial score (nSPS) is 18.0. The van der Waals surface area contributed by atoms with Crippen molar-refractivity contribution in [2.24, 2.45) is 0 Å². The van der Waals surface area contributed by atoms with Crippen LogP contribution in [-0.4, -0.2) is 42.7 Å². The first-order valence-electron chi connectivity index (χ1n) is 10.1. The molecule has 2 heterocycles. The van der Waals surface area contributed by atoms with Crippen molar-refractivity contribution in [2.45, 2.75) is 24.3 Å². The zero-order valence-corrected chi connectivity index (χ0v) is 19.9. The van der Waals surface area contributed by atoms with Gasteiger partial charge in [-0.1, -0.05) is 29.8 Å². The summed E-state index contributed by atoms with van der Waals surface area (Å²) in [5.74, 6) is -1.14. The second-order valence-electron chi connectivity index (χ2n) is 7.83. The average molecular weight is 500 g/mol. The summed E-state index contributed by atoms with van der Waals surface area (Å²) in [6.07, 6.45) is 1.48. The van der Waals surface area contributed by atoms with Crippen LogP contribution in [0.4, 0.5) is 15.6 Å². The van der Waals surface area contributed by atoms with Gasteiger partial charge in [0.2, 0.25) is 5.91 Å². The standard InChI is InChI=1S/C22H21N5O5S2/c1-14-3-5-15(6-4-14)22(2)19(29)27(21(30)25-22)13-18(28)24-16-7-9-17(10-8-16)34(31,32)26-20-23-11-12-33-20/h3-12H,13H2,1-2H3,(H,23,26)(H,24,28)(H,25,30)/t22-/m0/s1. The molecular formula is C22H21N5O5S2. The van der Waals surface area contributed by atoms with E-state index in [1.807, 2.05) is 19.1 Å². The van der Waals surface area contributed by atoms with Gasteiger partial charge in [0, 0.05) is 17.3 Å². The van der Waals surface area contributed by atoms with E-state index in [1.165, 1.54) is 30.5 Å². The van der Waals surface area contributed by atoms with Gasteiger partial charge in [0.05, 0.1) is 4.90 Å². The summed E-state index contributed by atoms with van der Waals surface area (Å²) in [7, 11) is -3.82. The van der Waals surface area contributed by atoms with E-state index in [9.17, 15) is 22.8 Å². The Hall–Kier alpha value is -3.77. The Morgan fingerprint density at radius 2 is 1.79 bits per heavy atom. The number of imide groups is 1. The molecule has 0 bridgehead atoms. The predicted octanol–water partition coefficient (Wildman–Crippen LogP) is 2.66. The highest BCUT2D eigenvalue weighted by Gasteiger charge is 2.49. The van der Waals surface area contributed by atoms with Gasteiger partial charge in [-0.25, -0.2) is 18.2 Å². The van der Waals surface area contributed by atoms with Crippen molar-refractivity contribution in [3.05, 3.63) is 71.2 Å². The van der Waals surface area contributed by atoms with Gasteiger partial charge in [-0.2, -0.15) is 0 Å². The lowest BCUT2D eigenvalue weighted by molar-refractivity contribution is -0.133. The Bertz CT molecular complexity index is 1340. The third kappa shape index (κ3) is 4.63. The Morgan fingerprint density at radius 3 is 2.41 bits per heavy atom. The van der Waals surface area contributed by atoms with Gasteiger partial charge in [0.1, 0.15) is 12.1 Å². The lowest BCUT2D eigenvalue weighted by atomic mass is 9.91. The molecule has 0 saturated carbocycles. The molecule has 0 aliphatic carbocycles. The van der Waals surface area contributed by atoms with Crippen molar-refractivity contribution in [1.29, 1.82) is 0 Å². The summed E-state index contributed by atoms with van der Waals surface area (Å²) in [4.78, 5) is 42.7. The van der Waals surface area contributed by atoms with Gasteiger partial charge >= 0.3 is 6.03 Å². The van der Waals surface area contributed by atoms with Crippen LogP contribution >= 0.6 is 11.3 Å². The summed E-state index contributed by atoms with van der Waals surface area (Å²) >= 11 is 1.15. The first-order valence-corrected chi connectivity index (χ1v) is 12.5. The SMILES string of the molecule is Cc1ccc([C@]2(C)NC(=O)N(CC(=O)Nc3ccc(S(=O)(=O)Nc4nccs4)cc3)C2=O)cc1. The topological polar surface area (TPSA) is 138 Å². The lowest BCUT2D eigenvalue weighted by Gasteiger charge is -2.22. The van der Waals surface area contributed by atoms with E-state index in [0.717, 1.165) is 21.8 Å². The van der Waals surface area contributed by atoms with Gasteiger partial charge in [-0.05, 0) is 43.7 Å². The number of anilines is 2. The maximum absolute atomic E-state index is 13.0. The fourth-order valence-electron chi connectivity index (χ4n) is 3.43. The number of hydrogen-bond acceptors (Lipinski definition) is 7. The summed E-state index contributed by atoms with van der Waals surface area (Å²) < 4.78 is 27.2. The summed E-state index contributed by atoms with van der Waals surface area (Å²) in [6.45, 7) is 3.02. The van der Waals surface area contributed by atoms with Crippen LogP contribution in [-0.2, 0) is 25.2 Å². The monoisotopic (exact) mass is 499 g/mol. The van der Waals surface area contributed by atoms with Crippen molar-refractivity contribution in [3.8, 4) is 0 Å². The molecule has 0 spiro atoms. The largest absolute Gasteiger partial charge is 0.325 e. The van der Waals surface area contributed by atoms with Crippen molar-refractivity contribution >= 4 is 50.0 Å². The number of rotatable bonds is 7. The van der Waals surface area contributed by atoms with E-state index in [4.69, 9.17) is 0 Å². The average Bonchev–Trinajstić information content (AvgIpc) is 3.36. The Labute approximate surface area is 200 Å². The van der Waals surface area contributed by atoms with Gasteiger partial charge in [0.15, 0.2) is 5.13 Å². The quantitative estimate of drug-likeness (QED) is 0.428. The number of aromatic nitrogens is 1. The fraction of sp³-hybridized carbons (Fsp3) is 0.182. The molecule has 4 amide bonds. The molecule has 0 unspecified atom stereocenters. The summed E-state index contributed by atoms with van der Waals surface area (Å²) in [5, 5.41) is 7.11. The maximum atomic E-state index is 13.0. The minimum Gasteiger partial charge on any atom is -0.325 e. The number of carbonyl (C=O) groups is 3. The molecule has 4 rings (SSSR count). The number of hydrogen-bond donors (Lipinski definition) is 3. The van der Waals surface area contributed by atoms with Gasteiger partial charge < -0.3 is 10.6 Å². The molecule has 1 atom stereocenters. The van der Waals surface area contributed by atoms with E-state index in [2.05, 4.69) is 20.3 Å². The van der Waals surface area contributed by atoms with Gasteiger partial charge in [-0.3, -0.25) is 19.2 Å². The molecule has 1 aliphatic heterocycles. The molecule has 1 aliphatic rings. The third-order valence-electron chi connectivity index (χ3n) is 5.31. The second kappa shape index (κ2) is 8.88. The first-order chi connectivity index (χ1) is 16.1. The molecule has 1 saturated heterocycles. The Morgan fingerprint density at radius 1 is 1.12 bits per heavy atom. The van der Waals surface area contributed by atoms with Crippen molar-refractivity contribution in [3.63, 3.8) is 0 Å². The number of benzene rings is 2. The van der Waals surface area contributed by atoms with Crippen LogP contribution in [0.15, 0.2) is 65.0 Å². The minimum atomic E-state index is -3.82. The first kappa shape index (κ1) is 23.4.